The monoisotopic (exact) mass is 503 g/mol. The van der Waals surface area contributed by atoms with Gasteiger partial charge in [-0.05, 0) is 6.07 Å². The Balaban J connectivity index is 2.49. The maximum Gasteiger partial charge on any atom is 0.303 e. The predicted molar refractivity (Wildman–Crippen MR) is 111 cm³/mol. The third kappa shape index (κ3) is 7.28. The maximum absolute atomic E-state index is 11.8. The lowest BCUT2D eigenvalue weighted by molar-refractivity contribution is -0.384. The highest BCUT2D eigenvalue weighted by atomic mass is 35.5. The summed E-state index contributed by atoms with van der Waals surface area (Å²) in [5, 5.41) is 10.8. The third-order valence-corrected chi connectivity index (χ3v) is 4.61. The number of carbonyl (C=O) groups excluding carboxylic acids is 4. The van der Waals surface area contributed by atoms with Crippen LogP contribution >= 0.6 is 11.6 Å². The van der Waals surface area contributed by atoms with E-state index in [1.165, 1.54) is 6.07 Å². The maximum atomic E-state index is 11.8. The molecule has 0 spiro atoms. The molecule has 14 heteroatoms. The summed E-state index contributed by atoms with van der Waals surface area (Å²) in [5.74, 6) is -3.16. The summed E-state index contributed by atoms with van der Waals surface area (Å²) < 4.78 is 32.2. The van der Waals surface area contributed by atoms with E-state index in [1.807, 2.05) is 0 Å². The molecular formula is C20H22ClNO12. The van der Waals surface area contributed by atoms with Gasteiger partial charge >= 0.3 is 23.9 Å². The molecular weight excluding hydrogens is 482 g/mol. The third-order valence-electron chi connectivity index (χ3n) is 4.32. The van der Waals surface area contributed by atoms with Gasteiger partial charge in [-0.1, -0.05) is 11.6 Å². The molecule has 0 amide bonds. The van der Waals surface area contributed by atoms with Crippen LogP contribution in [0.15, 0.2) is 18.2 Å². The van der Waals surface area contributed by atoms with Crippen LogP contribution < -0.4 is 4.74 Å². The Hall–Kier alpha value is -3.45. The number of carbonyl (C=O) groups is 4. The quantitative estimate of drug-likeness (QED) is 0.218. The second kappa shape index (κ2) is 11.6. The molecule has 1 saturated heterocycles. The van der Waals surface area contributed by atoms with E-state index in [9.17, 15) is 29.3 Å². The first-order chi connectivity index (χ1) is 15.9. The molecule has 0 saturated carbocycles. The predicted octanol–water partition coefficient (Wildman–Crippen LogP) is 1.71. The minimum absolute atomic E-state index is 0.0897. The smallest absolute Gasteiger partial charge is 0.303 e. The number of nitrogens with zero attached hydrogens (tertiary/aromatic N) is 1. The molecule has 1 aliphatic rings. The largest absolute Gasteiger partial charge is 0.463 e. The zero-order chi connectivity index (χ0) is 25.6. The Bertz CT molecular complexity index is 967. The van der Waals surface area contributed by atoms with E-state index >= 15 is 0 Å². The molecule has 1 aliphatic heterocycles. The highest BCUT2D eigenvalue weighted by molar-refractivity contribution is 6.32. The number of benzene rings is 1. The normalized spacial score (nSPS) is 23.9. The highest BCUT2D eigenvalue weighted by Crippen LogP contribution is 2.34. The van der Waals surface area contributed by atoms with Crippen molar-refractivity contribution in [1.29, 1.82) is 0 Å². The van der Waals surface area contributed by atoms with Gasteiger partial charge in [-0.2, -0.15) is 0 Å². The van der Waals surface area contributed by atoms with Gasteiger partial charge in [0.2, 0.25) is 12.4 Å². The minimum atomic E-state index is -1.51. The number of halogens is 1. The molecule has 5 atom stereocenters. The lowest BCUT2D eigenvalue weighted by Gasteiger charge is -2.43. The summed E-state index contributed by atoms with van der Waals surface area (Å²) in [4.78, 5) is 57.0. The van der Waals surface area contributed by atoms with E-state index < -0.39 is 66.1 Å². The van der Waals surface area contributed by atoms with E-state index in [4.69, 9.17) is 40.0 Å². The van der Waals surface area contributed by atoms with Crippen molar-refractivity contribution in [1.82, 2.24) is 0 Å². The van der Waals surface area contributed by atoms with E-state index in [0.29, 0.717) is 0 Å². The Morgan fingerprint density at radius 3 is 2.00 bits per heavy atom. The first-order valence-electron chi connectivity index (χ1n) is 9.80. The van der Waals surface area contributed by atoms with Crippen molar-refractivity contribution in [3.63, 3.8) is 0 Å². The van der Waals surface area contributed by atoms with Crippen molar-refractivity contribution < 1.29 is 52.5 Å². The van der Waals surface area contributed by atoms with Crippen LogP contribution in [0.1, 0.15) is 27.7 Å². The zero-order valence-corrected chi connectivity index (χ0v) is 19.3. The first-order valence-corrected chi connectivity index (χ1v) is 10.2. The number of non-ortho nitro benzene ring substituents is 1. The zero-order valence-electron chi connectivity index (χ0n) is 18.6. The number of hydrogen-bond donors (Lipinski definition) is 0. The van der Waals surface area contributed by atoms with E-state index in [2.05, 4.69) is 0 Å². The van der Waals surface area contributed by atoms with Crippen LogP contribution in [0.25, 0.3) is 0 Å². The molecule has 186 valence electrons. The first kappa shape index (κ1) is 26.8. The van der Waals surface area contributed by atoms with E-state index in [-0.39, 0.29) is 16.5 Å². The van der Waals surface area contributed by atoms with Crippen LogP contribution in [0.5, 0.6) is 5.75 Å². The van der Waals surface area contributed by atoms with Gasteiger partial charge in [0.1, 0.15) is 18.5 Å². The highest BCUT2D eigenvalue weighted by Gasteiger charge is 2.53. The Morgan fingerprint density at radius 1 is 0.941 bits per heavy atom. The summed E-state index contributed by atoms with van der Waals surface area (Å²) in [6.45, 7) is 3.95. The summed E-state index contributed by atoms with van der Waals surface area (Å²) in [6, 6.07) is 3.34. The molecule has 2 unspecified atom stereocenters. The van der Waals surface area contributed by atoms with E-state index in [1.54, 1.807) is 0 Å². The number of nitro groups is 1. The topological polar surface area (TPSA) is 167 Å². The minimum Gasteiger partial charge on any atom is -0.463 e. The van der Waals surface area contributed by atoms with Crippen molar-refractivity contribution in [2.24, 2.45) is 0 Å². The molecule has 1 heterocycles. The van der Waals surface area contributed by atoms with Gasteiger partial charge in [0.05, 0.1) is 9.95 Å². The molecule has 13 nitrogen and oxygen atoms in total. The van der Waals surface area contributed by atoms with Crippen LogP contribution in [-0.2, 0) is 42.9 Å². The van der Waals surface area contributed by atoms with Gasteiger partial charge in [-0.25, -0.2) is 0 Å². The van der Waals surface area contributed by atoms with Crippen molar-refractivity contribution >= 4 is 41.2 Å². The number of hydrogen-bond acceptors (Lipinski definition) is 12. The molecule has 1 aromatic rings. The molecule has 0 aromatic heterocycles. The van der Waals surface area contributed by atoms with E-state index in [0.717, 1.165) is 39.8 Å². The molecule has 2 rings (SSSR count). The molecule has 0 bridgehead atoms. The standard InChI is InChI=1S/C20H22ClNO12/c1-9(23)29-8-16-17(30-10(2)24)18(31-11(3)25)19(32-12(4)26)20(34-16)33-15-6-5-13(22(27)28)7-14(15)21/h5-7,16-20H,8H2,1-4H3/t16?,17-,18?,19+,20-/m1/s1. The molecule has 1 aromatic carbocycles. The van der Waals surface area contributed by atoms with Crippen molar-refractivity contribution in [3.8, 4) is 5.75 Å². The molecule has 0 N–H and O–H groups in total. The average Bonchev–Trinajstić information content (AvgIpc) is 2.71. The van der Waals surface area contributed by atoms with Gasteiger partial charge in [-0.15, -0.1) is 0 Å². The summed E-state index contributed by atoms with van der Waals surface area (Å²) in [6.07, 6.45) is -6.98. The second-order valence-corrected chi connectivity index (χ2v) is 7.46. The Morgan fingerprint density at radius 2 is 1.50 bits per heavy atom. The van der Waals surface area contributed by atoms with Gasteiger partial charge in [0.25, 0.3) is 5.69 Å². The average molecular weight is 504 g/mol. The van der Waals surface area contributed by atoms with Gasteiger partial charge in [-0.3, -0.25) is 29.3 Å². The van der Waals surface area contributed by atoms with Gasteiger partial charge in [0, 0.05) is 39.8 Å². The van der Waals surface area contributed by atoms with Gasteiger partial charge < -0.3 is 28.4 Å². The van der Waals surface area contributed by atoms with Crippen molar-refractivity contribution in [3.05, 3.63) is 33.3 Å². The fourth-order valence-corrected chi connectivity index (χ4v) is 3.33. The molecule has 0 radical (unpaired) electrons. The molecule has 34 heavy (non-hydrogen) atoms. The van der Waals surface area contributed by atoms with Crippen LogP contribution in [0.2, 0.25) is 5.02 Å². The lowest BCUT2D eigenvalue weighted by atomic mass is 9.98. The van der Waals surface area contributed by atoms with Crippen molar-refractivity contribution in [2.45, 2.75) is 58.4 Å². The van der Waals surface area contributed by atoms with Gasteiger partial charge in [0.15, 0.2) is 12.2 Å². The summed E-state index contributed by atoms with van der Waals surface area (Å²) in [5.41, 5.74) is -0.307. The van der Waals surface area contributed by atoms with Crippen LogP contribution in [0.3, 0.4) is 0 Å². The number of nitro benzene ring substituents is 1. The molecule has 0 aliphatic carbocycles. The van der Waals surface area contributed by atoms with Crippen LogP contribution in [-0.4, -0.2) is 66.1 Å². The second-order valence-electron chi connectivity index (χ2n) is 7.06. The fraction of sp³-hybridized carbons (Fsp3) is 0.500. The number of rotatable bonds is 8. The Labute approximate surface area is 198 Å². The lowest BCUT2D eigenvalue weighted by Crippen LogP contribution is -2.63. The van der Waals surface area contributed by atoms with Crippen LogP contribution in [0, 0.1) is 10.1 Å². The number of esters is 4. The van der Waals surface area contributed by atoms with Crippen molar-refractivity contribution in [2.75, 3.05) is 6.61 Å². The Kier molecular flexibility index (Phi) is 9.15. The van der Waals surface area contributed by atoms with Crippen LogP contribution in [0.4, 0.5) is 5.69 Å². The fourth-order valence-electron chi connectivity index (χ4n) is 3.11. The summed E-state index contributed by atoms with van der Waals surface area (Å²) in [7, 11) is 0. The number of ether oxygens (including phenoxy) is 6. The molecule has 1 fully saturated rings. The SMILES string of the molecule is CC(=O)OCC1O[C@@H](Oc2ccc([N+](=O)[O-])cc2Cl)[C@@H](OC(C)=O)C(OC(C)=O)[C@@H]1OC(C)=O. The summed E-state index contributed by atoms with van der Waals surface area (Å²) >= 11 is 6.09.